The molecular weight excluding hydrogens is 428 g/mol. The first-order valence-electron chi connectivity index (χ1n) is 10.1. The van der Waals surface area contributed by atoms with Crippen LogP contribution in [0.4, 0.5) is 11.4 Å². The van der Waals surface area contributed by atoms with Gasteiger partial charge in [0.2, 0.25) is 5.91 Å². The van der Waals surface area contributed by atoms with E-state index in [1.807, 2.05) is 13.0 Å². The lowest BCUT2D eigenvalue weighted by Gasteiger charge is -2.10. The van der Waals surface area contributed by atoms with Crippen LogP contribution >= 0.6 is 0 Å². The van der Waals surface area contributed by atoms with Gasteiger partial charge in [0.25, 0.3) is 10.0 Å². The molecule has 0 aromatic heterocycles. The van der Waals surface area contributed by atoms with Crippen molar-refractivity contribution in [1.82, 2.24) is 0 Å². The van der Waals surface area contributed by atoms with Gasteiger partial charge in [-0.15, -0.1) is 0 Å². The van der Waals surface area contributed by atoms with Crippen molar-refractivity contribution in [3.05, 3.63) is 84.4 Å². The molecule has 8 heteroatoms. The van der Waals surface area contributed by atoms with Gasteiger partial charge in [0.05, 0.1) is 11.5 Å². The van der Waals surface area contributed by atoms with Crippen LogP contribution in [-0.4, -0.2) is 26.7 Å². The van der Waals surface area contributed by atoms with E-state index < -0.39 is 10.0 Å². The molecule has 0 unspecified atom stereocenters. The molecular formula is C24H24N2O5S. The normalized spacial score (nSPS) is 10.9. The highest BCUT2D eigenvalue weighted by Crippen LogP contribution is 2.21. The van der Waals surface area contributed by atoms with Gasteiger partial charge in [-0.2, -0.15) is 0 Å². The number of benzene rings is 3. The smallest absolute Gasteiger partial charge is 0.261 e. The van der Waals surface area contributed by atoms with Gasteiger partial charge in [-0.1, -0.05) is 30.3 Å². The molecule has 0 saturated carbocycles. The molecule has 0 aliphatic rings. The molecule has 0 saturated heterocycles. The third kappa shape index (κ3) is 6.42. The first-order chi connectivity index (χ1) is 15.4. The maximum atomic E-state index is 12.6. The van der Waals surface area contributed by atoms with Crippen LogP contribution in [-0.2, 0) is 14.8 Å². The van der Waals surface area contributed by atoms with Crippen LogP contribution in [0.2, 0.25) is 0 Å². The summed E-state index contributed by atoms with van der Waals surface area (Å²) in [4.78, 5) is 24.3. The Kier molecular flexibility index (Phi) is 7.62. The van der Waals surface area contributed by atoms with E-state index in [9.17, 15) is 18.0 Å². The van der Waals surface area contributed by atoms with Crippen molar-refractivity contribution in [1.29, 1.82) is 0 Å². The van der Waals surface area contributed by atoms with Crippen molar-refractivity contribution in [3.8, 4) is 5.75 Å². The summed E-state index contributed by atoms with van der Waals surface area (Å²) in [5, 5.41) is 2.67. The van der Waals surface area contributed by atoms with Crippen LogP contribution in [0.5, 0.6) is 5.75 Å². The van der Waals surface area contributed by atoms with E-state index in [4.69, 9.17) is 4.74 Å². The summed E-state index contributed by atoms with van der Waals surface area (Å²) in [7, 11) is -3.78. The first kappa shape index (κ1) is 23.0. The number of amides is 1. The van der Waals surface area contributed by atoms with Crippen LogP contribution < -0.4 is 14.8 Å². The van der Waals surface area contributed by atoms with E-state index in [-0.39, 0.29) is 29.4 Å². The van der Waals surface area contributed by atoms with Crippen LogP contribution in [0.3, 0.4) is 0 Å². The third-order valence-electron chi connectivity index (χ3n) is 4.54. The summed E-state index contributed by atoms with van der Waals surface area (Å²) >= 11 is 0. The molecule has 3 aromatic carbocycles. The van der Waals surface area contributed by atoms with Crippen molar-refractivity contribution >= 4 is 33.1 Å². The molecule has 0 heterocycles. The van der Waals surface area contributed by atoms with Gasteiger partial charge >= 0.3 is 0 Å². The van der Waals surface area contributed by atoms with Crippen LogP contribution in [0.25, 0.3) is 0 Å². The van der Waals surface area contributed by atoms with E-state index in [1.54, 1.807) is 48.5 Å². The second-order valence-electron chi connectivity index (χ2n) is 6.92. The lowest BCUT2D eigenvalue weighted by atomic mass is 10.1. The number of ether oxygens (including phenoxy) is 1. The van der Waals surface area contributed by atoms with Crippen molar-refractivity contribution in [2.75, 3.05) is 16.6 Å². The summed E-state index contributed by atoms with van der Waals surface area (Å²) in [6, 6.07) is 21.2. The molecule has 0 bridgehead atoms. The van der Waals surface area contributed by atoms with Gasteiger partial charge in [-0.05, 0) is 55.5 Å². The Morgan fingerprint density at radius 2 is 1.44 bits per heavy atom. The van der Waals surface area contributed by atoms with Gasteiger partial charge in [-0.3, -0.25) is 14.3 Å². The Morgan fingerprint density at radius 3 is 2.06 bits per heavy atom. The standard InChI is InChI=1S/C24H24N2O5S/c1-2-31-21-12-8-20(9-13-21)26-32(29,30)22-14-10-19(11-15-22)25-24(28)17-16-23(27)18-6-4-3-5-7-18/h3-15,26H,2,16-17H2,1H3,(H,25,28). The molecule has 32 heavy (non-hydrogen) atoms. The average Bonchev–Trinajstić information content (AvgIpc) is 2.80. The Balaban J connectivity index is 1.55. The molecule has 3 aromatic rings. The van der Waals surface area contributed by atoms with E-state index in [2.05, 4.69) is 10.0 Å². The number of Topliss-reactive ketones (excluding diaryl/α,β-unsaturated/α-hetero) is 1. The maximum absolute atomic E-state index is 12.6. The number of carbonyl (C=O) groups excluding carboxylic acids is 2. The minimum atomic E-state index is -3.78. The minimum absolute atomic E-state index is 0.0348. The lowest BCUT2D eigenvalue weighted by Crippen LogP contribution is -2.15. The van der Waals surface area contributed by atoms with Gasteiger partial charge in [0.15, 0.2) is 5.78 Å². The number of nitrogens with one attached hydrogen (secondary N) is 2. The highest BCUT2D eigenvalue weighted by atomic mass is 32.2. The zero-order valence-electron chi connectivity index (χ0n) is 17.6. The average molecular weight is 453 g/mol. The number of anilines is 2. The number of sulfonamides is 1. The summed E-state index contributed by atoms with van der Waals surface area (Å²) in [5.74, 6) is 0.223. The van der Waals surface area contributed by atoms with Crippen LogP contribution in [0.1, 0.15) is 30.1 Å². The Bertz CT molecular complexity index is 1160. The molecule has 166 valence electrons. The fourth-order valence-electron chi connectivity index (χ4n) is 2.94. The first-order valence-corrected chi connectivity index (χ1v) is 11.6. The number of hydrogen-bond acceptors (Lipinski definition) is 5. The number of ketones is 1. The molecule has 3 rings (SSSR count). The van der Waals surface area contributed by atoms with Crippen molar-refractivity contribution in [2.45, 2.75) is 24.7 Å². The monoisotopic (exact) mass is 452 g/mol. The quantitative estimate of drug-likeness (QED) is 0.442. The van der Waals surface area contributed by atoms with Gasteiger partial charge in [-0.25, -0.2) is 8.42 Å². The van der Waals surface area contributed by atoms with E-state index >= 15 is 0 Å². The number of hydrogen-bond donors (Lipinski definition) is 2. The zero-order valence-corrected chi connectivity index (χ0v) is 18.4. The third-order valence-corrected chi connectivity index (χ3v) is 5.94. The van der Waals surface area contributed by atoms with Gasteiger partial charge in [0, 0.05) is 29.8 Å². The van der Waals surface area contributed by atoms with Crippen molar-refractivity contribution in [3.63, 3.8) is 0 Å². The molecule has 7 nitrogen and oxygen atoms in total. The van der Waals surface area contributed by atoms with Crippen LogP contribution in [0, 0.1) is 0 Å². The highest BCUT2D eigenvalue weighted by molar-refractivity contribution is 7.92. The summed E-state index contributed by atoms with van der Waals surface area (Å²) in [6.45, 7) is 2.39. The van der Waals surface area contributed by atoms with Crippen LogP contribution in [0.15, 0.2) is 83.8 Å². The molecule has 0 aliphatic carbocycles. The molecule has 2 N–H and O–H groups in total. The van der Waals surface area contributed by atoms with Crippen molar-refractivity contribution in [2.24, 2.45) is 0 Å². The molecule has 1 amide bonds. The second kappa shape index (κ2) is 10.6. The number of rotatable bonds is 10. The molecule has 0 fully saturated rings. The fraction of sp³-hybridized carbons (Fsp3) is 0.167. The predicted molar refractivity (Wildman–Crippen MR) is 123 cm³/mol. The van der Waals surface area contributed by atoms with Gasteiger partial charge < -0.3 is 10.1 Å². The van der Waals surface area contributed by atoms with Gasteiger partial charge in [0.1, 0.15) is 5.75 Å². The van der Waals surface area contributed by atoms with E-state index in [0.717, 1.165) is 0 Å². The zero-order chi connectivity index (χ0) is 23.0. The summed E-state index contributed by atoms with van der Waals surface area (Å²) in [5.41, 5.74) is 1.42. The maximum Gasteiger partial charge on any atom is 0.261 e. The summed E-state index contributed by atoms with van der Waals surface area (Å²) in [6.07, 6.45) is 0.126. The second-order valence-corrected chi connectivity index (χ2v) is 8.61. The Hall–Kier alpha value is -3.65. The highest BCUT2D eigenvalue weighted by Gasteiger charge is 2.15. The fourth-order valence-corrected chi connectivity index (χ4v) is 3.99. The molecule has 0 radical (unpaired) electrons. The predicted octanol–water partition coefficient (Wildman–Crippen LogP) is 4.49. The van der Waals surface area contributed by atoms with E-state index in [1.165, 1.54) is 24.3 Å². The Morgan fingerprint density at radius 1 is 0.812 bits per heavy atom. The topological polar surface area (TPSA) is 102 Å². The minimum Gasteiger partial charge on any atom is -0.494 e. The molecule has 0 atom stereocenters. The summed E-state index contributed by atoms with van der Waals surface area (Å²) < 4.78 is 33.0. The van der Waals surface area contributed by atoms with Crippen molar-refractivity contribution < 1.29 is 22.7 Å². The SMILES string of the molecule is CCOc1ccc(NS(=O)(=O)c2ccc(NC(=O)CCC(=O)c3ccccc3)cc2)cc1. The number of carbonyl (C=O) groups is 2. The molecule has 0 spiro atoms. The molecule has 0 aliphatic heterocycles. The van der Waals surface area contributed by atoms with E-state index in [0.29, 0.717) is 29.3 Å². The Labute approximate surface area is 187 Å². The largest absolute Gasteiger partial charge is 0.494 e. The lowest BCUT2D eigenvalue weighted by molar-refractivity contribution is -0.116.